The lowest BCUT2D eigenvalue weighted by Gasteiger charge is -2.50. The van der Waals surface area contributed by atoms with Crippen molar-refractivity contribution < 1.29 is 52.6 Å². The van der Waals surface area contributed by atoms with E-state index in [1.807, 2.05) is 135 Å². The number of pyridine rings is 2. The highest BCUT2D eigenvalue weighted by Crippen LogP contribution is 2.42. The Kier molecular flexibility index (Phi) is 17.3. The number of rotatable bonds is 9. The fourth-order valence-corrected chi connectivity index (χ4v) is 9.05. The molecule has 4 saturated heterocycles. The molecule has 2 spiro atoms. The molecule has 372 valence electrons. The van der Waals surface area contributed by atoms with Crippen molar-refractivity contribution in [3.8, 4) is 22.9 Å². The molecule has 4 aliphatic heterocycles. The minimum Gasteiger partial charge on any atom is -1.00 e. The van der Waals surface area contributed by atoms with E-state index in [0.29, 0.717) is 37.8 Å². The van der Waals surface area contributed by atoms with E-state index in [1.54, 1.807) is 38.6 Å². The number of halogens is 2. The first-order chi connectivity index (χ1) is 33.7. The fourth-order valence-electron chi connectivity index (χ4n) is 8.79. The van der Waals surface area contributed by atoms with E-state index in [0.717, 1.165) is 84.5 Å². The van der Waals surface area contributed by atoms with Crippen LogP contribution in [0.5, 0.6) is 11.5 Å². The molecule has 0 bridgehead atoms. The van der Waals surface area contributed by atoms with Crippen LogP contribution >= 0.6 is 15.9 Å². The van der Waals surface area contributed by atoms with Crippen LogP contribution in [0.15, 0.2) is 160 Å². The molecule has 2 N–H and O–H groups in total. The largest absolute Gasteiger partial charge is 1.00 e. The molecule has 0 unspecified atom stereocenters. The number of ether oxygens (including phenoxy) is 3. The van der Waals surface area contributed by atoms with Crippen molar-refractivity contribution in [1.29, 1.82) is 0 Å². The Balaban J connectivity index is 0.000000163. The summed E-state index contributed by atoms with van der Waals surface area (Å²) in [6.07, 6.45) is 6.49. The molecule has 4 aliphatic rings. The van der Waals surface area contributed by atoms with Crippen LogP contribution in [0, 0.1) is 10.8 Å². The zero-order valence-electron chi connectivity index (χ0n) is 40.2. The van der Waals surface area contributed by atoms with E-state index in [1.165, 1.54) is 12.1 Å². The lowest BCUT2D eigenvalue weighted by molar-refractivity contribution is -0.143. The predicted molar refractivity (Wildman–Crippen MR) is 273 cm³/mol. The maximum absolute atomic E-state index is 12.8. The number of benzene rings is 4. The maximum atomic E-state index is 12.8. The number of nitrogens with zero attached hydrogens (tertiary/aromatic N) is 4. The Morgan fingerprint density at radius 3 is 1.54 bits per heavy atom. The molecule has 16 heteroatoms. The van der Waals surface area contributed by atoms with Crippen molar-refractivity contribution in [2.75, 3.05) is 44.2 Å². The second-order valence-corrected chi connectivity index (χ2v) is 20.0. The highest BCUT2D eigenvalue weighted by Gasteiger charge is 2.52. The SMILES string of the molecule is CC(C)(C)OC(=O)N1CCC2(CC1)CNC2=O.O=C1N(c2ccc(-n3ccc(OCc4ccccc4)cc3=O)cc2)CC12CCNCC2.O=c1cc(OCc2ccccc2)ccn1-c1ccc(Br)cc1.[I-]. The van der Waals surface area contributed by atoms with Crippen LogP contribution in [-0.4, -0.2) is 76.8 Å². The van der Waals surface area contributed by atoms with Crippen molar-refractivity contribution in [1.82, 2.24) is 24.7 Å². The highest BCUT2D eigenvalue weighted by atomic mass is 127. The summed E-state index contributed by atoms with van der Waals surface area (Å²) in [4.78, 5) is 64.4. The molecule has 2 aromatic heterocycles. The normalized spacial score (nSPS) is 16.3. The molecule has 0 atom stereocenters. The Morgan fingerprint density at radius 2 is 1.11 bits per heavy atom. The van der Waals surface area contributed by atoms with Crippen LogP contribution in [-0.2, 0) is 27.5 Å². The first kappa shape index (κ1) is 52.6. The van der Waals surface area contributed by atoms with Gasteiger partial charge >= 0.3 is 6.09 Å². The number of aromatic nitrogens is 2. The van der Waals surface area contributed by atoms with Crippen LogP contribution in [0.1, 0.15) is 57.6 Å². The number of hydrogen-bond donors (Lipinski definition) is 2. The van der Waals surface area contributed by atoms with Crippen LogP contribution in [0.4, 0.5) is 10.5 Å². The lowest BCUT2D eigenvalue weighted by Crippen LogP contribution is -3.00. The summed E-state index contributed by atoms with van der Waals surface area (Å²) in [7, 11) is 0. The monoisotopic (exact) mass is 1140 g/mol. The molecule has 10 rings (SSSR count). The molecule has 14 nitrogen and oxygen atoms in total. The quantitative estimate of drug-likeness (QED) is 0.142. The van der Waals surface area contributed by atoms with Gasteiger partial charge in [-0.05, 0) is 131 Å². The predicted octanol–water partition coefficient (Wildman–Crippen LogP) is 5.45. The molecule has 6 aromatic rings. The first-order valence-electron chi connectivity index (χ1n) is 23.6. The molecule has 0 radical (unpaired) electrons. The molecule has 4 aromatic carbocycles. The average molecular weight is 1140 g/mol. The number of carbonyl (C=O) groups excluding carboxylic acids is 3. The summed E-state index contributed by atoms with van der Waals surface area (Å²) in [5.74, 6) is 1.47. The first-order valence-corrected chi connectivity index (χ1v) is 24.4. The number of β-lactam (4-membered cyclic amide) rings is 2. The molecule has 6 heterocycles. The van der Waals surface area contributed by atoms with E-state index < -0.39 is 5.60 Å². The van der Waals surface area contributed by atoms with Gasteiger partial charge in [-0.15, -0.1) is 0 Å². The van der Waals surface area contributed by atoms with E-state index in [4.69, 9.17) is 14.2 Å². The Hall–Kier alpha value is -6.24. The summed E-state index contributed by atoms with van der Waals surface area (Å²) in [6.45, 7) is 11.0. The summed E-state index contributed by atoms with van der Waals surface area (Å²) in [5.41, 5.74) is 3.48. The van der Waals surface area contributed by atoms with Crippen LogP contribution < -0.4 is 60.1 Å². The number of carbonyl (C=O) groups is 3. The third-order valence-electron chi connectivity index (χ3n) is 13.0. The molecule has 4 fully saturated rings. The van der Waals surface area contributed by atoms with Crippen molar-refractivity contribution in [2.24, 2.45) is 10.8 Å². The molecule has 0 saturated carbocycles. The van der Waals surface area contributed by atoms with Crippen LogP contribution in [0.3, 0.4) is 0 Å². The summed E-state index contributed by atoms with van der Waals surface area (Å²) in [6, 6.07) is 41.5. The minimum absolute atomic E-state index is 0. The number of piperidine rings is 2. The Morgan fingerprint density at radius 1 is 0.634 bits per heavy atom. The highest BCUT2D eigenvalue weighted by molar-refractivity contribution is 9.10. The van der Waals surface area contributed by atoms with Crippen LogP contribution in [0.25, 0.3) is 11.4 Å². The van der Waals surface area contributed by atoms with Gasteiger partial charge < -0.3 is 58.6 Å². The van der Waals surface area contributed by atoms with Crippen molar-refractivity contribution in [2.45, 2.75) is 65.3 Å². The third kappa shape index (κ3) is 13.2. The van der Waals surface area contributed by atoms with Gasteiger partial charge in [-0.25, -0.2) is 4.79 Å². The minimum atomic E-state index is -0.458. The molecule has 3 amide bonds. The number of likely N-dealkylation sites (tertiary alicyclic amines) is 1. The van der Waals surface area contributed by atoms with Gasteiger partial charge in [0.05, 0.1) is 10.8 Å². The summed E-state index contributed by atoms with van der Waals surface area (Å²) < 4.78 is 20.9. The van der Waals surface area contributed by atoms with Crippen molar-refractivity contribution in [3.05, 3.63) is 182 Å². The van der Waals surface area contributed by atoms with Crippen LogP contribution in [0.2, 0.25) is 0 Å². The van der Waals surface area contributed by atoms with Gasteiger partial charge in [0, 0.05) is 72.2 Å². The van der Waals surface area contributed by atoms with Gasteiger partial charge in [-0.3, -0.25) is 28.3 Å². The van der Waals surface area contributed by atoms with Gasteiger partial charge in [-0.1, -0.05) is 76.6 Å². The topological polar surface area (TPSA) is 153 Å². The number of amides is 3. The zero-order valence-corrected chi connectivity index (χ0v) is 43.9. The molecular weight excluding hydrogens is 1080 g/mol. The van der Waals surface area contributed by atoms with Crippen molar-refractivity contribution >= 4 is 39.5 Å². The zero-order chi connectivity index (χ0) is 49.3. The average Bonchev–Trinajstić information content (AvgIpc) is 3.37. The maximum Gasteiger partial charge on any atom is 0.410 e. The second kappa shape index (κ2) is 23.3. The van der Waals surface area contributed by atoms with Gasteiger partial charge in [0.25, 0.3) is 11.1 Å². The number of anilines is 1. The second-order valence-electron chi connectivity index (χ2n) is 19.0. The Bertz CT molecular complexity index is 2880. The van der Waals surface area contributed by atoms with Crippen molar-refractivity contribution in [3.63, 3.8) is 0 Å². The summed E-state index contributed by atoms with van der Waals surface area (Å²) in [5, 5.41) is 6.10. The van der Waals surface area contributed by atoms with E-state index in [-0.39, 0.29) is 63.8 Å². The lowest BCUT2D eigenvalue weighted by atomic mass is 9.71. The van der Waals surface area contributed by atoms with Gasteiger partial charge in [0.15, 0.2) is 0 Å². The molecular formula is C55H59BrIN6O8-. The Labute approximate surface area is 439 Å². The van der Waals surface area contributed by atoms with E-state index in [9.17, 15) is 24.0 Å². The summed E-state index contributed by atoms with van der Waals surface area (Å²) >= 11 is 3.38. The molecule has 71 heavy (non-hydrogen) atoms. The standard InChI is InChI=1S/C25H25N3O3.C18H14BrNO2.C12H20N2O3.HI/c29-23-16-22(31-17-19-4-2-1-3-5-19)10-15-27(23)20-6-8-21(9-7-20)28-18-25(24(28)30)11-13-26-14-12-25;19-15-6-8-16(9-7-15)20-11-10-17(12-18(20)21)22-13-14-4-2-1-3-5-14;1-11(2,3)17-10(16)14-6-4-12(5-7-14)8-13-9(12)15;/h1-10,15-16,26H,11-14,17-18H2;1-12H,13H2;4-8H2,1-3H3,(H,13,15);1H/p-1. The van der Waals surface area contributed by atoms with Gasteiger partial charge in [0.1, 0.15) is 30.3 Å². The smallest absolute Gasteiger partial charge is 0.410 e. The van der Waals surface area contributed by atoms with E-state index >= 15 is 0 Å². The van der Waals surface area contributed by atoms with Gasteiger partial charge in [0.2, 0.25) is 11.8 Å². The van der Waals surface area contributed by atoms with Gasteiger partial charge in [-0.2, -0.15) is 0 Å². The number of nitrogens with one attached hydrogen (secondary N) is 2. The fraction of sp³-hybridized carbons (Fsp3) is 0.327. The molecule has 0 aliphatic carbocycles. The van der Waals surface area contributed by atoms with E-state index in [2.05, 4.69) is 26.6 Å². The number of hydrogen-bond acceptors (Lipinski definition) is 9. The third-order valence-corrected chi connectivity index (χ3v) is 13.5.